The lowest BCUT2D eigenvalue weighted by Gasteiger charge is -2.21. The Morgan fingerprint density at radius 2 is 2.20 bits per heavy atom. The van der Waals surface area contributed by atoms with Crippen LogP contribution in [0.1, 0.15) is 37.6 Å². The van der Waals surface area contributed by atoms with Gasteiger partial charge in [0.1, 0.15) is 0 Å². The summed E-state index contributed by atoms with van der Waals surface area (Å²) in [7, 11) is 0. The van der Waals surface area contributed by atoms with Crippen molar-refractivity contribution in [3.05, 3.63) is 23.8 Å². The third kappa shape index (κ3) is 3.54. The van der Waals surface area contributed by atoms with E-state index in [4.69, 9.17) is 0 Å². The quantitative estimate of drug-likeness (QED) is 0.897. The summed E-state index contributed by atoms with van der Waals surface area (Å²) < 4.78 is 0. The highest BCUT2D eigenvalue weighted by Crippen LogP contribution is 2.35. The van der Waals surface area contributed by atoms with Crippen molar-refractivity contribution in [1.29, 1.82) is 0 Å². The van der Waals surface area contributed by atoms with E-state index in [0.29, 0.717) is 18.0 Å². The number of thioether (sulfide) groups is 1. The molecule has 1 unspecified atom stereocenters. The molecule has 0 aromatic heterocycles. The molecule has 1 atom stereocenters. The van der Waals surface area contributed by atoms with E-state index in [1.54, 1.807) is 12.1 Å². The monoisotopic (exact) mass is 292 g/mol. The van der Waals surface area contributed by atoms with Crippen molar-refractivity contribution < 1.29 is 9.59 Å². The molecule has 1 aromatic rings. The second-order valence-corrected chi connectivity index (χ2v) is 6.78. The maximum atomic E-state index is 12.0. The Hall–Kier alpha value is -1.49. The summed E-state index contributed by atoms with van der Waals surface area (Å²) in [5, 5.41) is 5.65. The number of benzene rings is 1. The number of hydrogen-bond acceptors (Lipinski definition) is 3. The van der Waals surface area contributed by atoms with Crippen molar-refractivity contribution in [3.8, 4) is 0 Å². The zero-order valence-corrected chi connectivity index (χ0v) is 12.8. The summed E-state index contributed by atoms with van der Waals surface area (Å²) in [4.78, 5) is 24.7. The molecule has 1 heterocycles. The summed E-state index contributed by atoms with van der Waals surface area (Å²) in [6.45, 7) is 6.79. The fraction of sp³-hybridized carbons (Fsp3) is 0.467. The fourth-order valence-corrected chi connectivity index (χ4v) is 2.86. The highest BCUT2D eigenvalue weighted by atomic mass is 32.2. The molecule has 0 spiro atoms. The molecule has 0 bridgehead atoms. The molecule has 0 fully saturated rings. The van der Waals surface area contributed by atoms with E-state index in [-0.39, 0.29) is 17.1 Å². The second-order valence-electron chi connectivity index (χ2n) is 5.40. The lowest BCUT2D eigenvalue weighted by molar-refractivity contribution is -0.115. The Labute approximate surface area is 123 Å². The van der Waals surface area contributed by atoms with E-state index >= 15 is 0 Å². The van der Waals surface area contributed by atoms with Crippen LogP contribution in [0.3, 0.4) is 0 Å². The van der Waals surface area contributed by atoms with Crippen LogP contribution in [0.5, 0.6) is 0 Å². The van der Waals surface area contributed by atoms with Crippen molar-refractivity contribution in [2.45, 2.75) is 37.3 Å². The molecule has 5 heteroatoms. The molecule has 1 aliphatic heterocycles. The van der Waals surface area contributed by atoms with Crippen LogP contribution in [0, 0.1) is 5.92 Å². The molecule has 1 aromatic carbocycles. The molecule has 0 saturated heterocycles. The Morgan fingerprint density at radius 3 is 2.90 bits per heavy atom. The molecular weight excluding hydrogens is 272 g/mol. The molecule has 0 saturated carbocycles. The van der Waals surface area contributed by atoms with Gasteiger partial charge in [-0.25, -0.2) is 0 Å². The Kier molecular flexibility index (Phi) is 4.70. The molecule has 1 aliphatic rings. The van der Waals surface area contributed by atoms with Crippen LogP contribution >= 0.6 is 11.8 Å². The number of carbonyl (C=O) groups is 2. The summed E-state index contributed by atoms with van der Waals surface area (Å²) in [5.74, 6) is 0.460. The van der Waals surface area contributed by atoms with E-state index in [1.165, 1.54) is 11.8 Å². The van der Waals surface area contributed by atoms with Gasteiger partial charge in [0, 0.05) is 17.0 Å². The maximum Gasteiger partial charge on any atom is 0.251 e. The molecule has 2 amide bonds. The number of carbonyl (C=O) groups excluding carboxylic acids is 2. The van der Waals surface area contributed by atoms with Gasteiger partial charge in [0.2, 0.25) is 5.91 Å². The molecule has 2 N–H and O–H groups in total. The molecular formula is C15H20N2O2S. The SMILES string of the molecule is CC(C)CCNC(=O)c1ccc2c(c1)NC(=O)C(C)S2. The fourth-order valence-electron chi connectivity index (χ4n) is 1.93. The zero-order chi connectivity index (χ0) is 14.7. The van der Waals surface area contributed by atoms with Crippen LogP contribution in [0.2, 0.25) is 0 Å². The van der Waals surface area contributed by atoms with Crippen molar-refractivity contribution in [2.24, 2.45) is 5.92 Å². The molecule has 4 nitrogen and oxygen atoms in total. The summed E-state index contributed by atoms with van der Waals surface area (Å²) in [5.41, 5.74) is 1.32. The first-order chi connectivity index (χ1) is 9.47. The molecule has 0 aliphatic carbocycles. The number of amides is 2. The van der Waals surface area contributed by atoms with Crippen molar-refractivity contribution in [1.82, 2.24) is 5.32 Å². The molecule has 0 radical (unpaired) electrons. The second kappa shape index (κ2) is 6.31. The first kappa shape index (κ1) is 14.9. The number of anilines is 1. The third-order valence-electron chi connectivity index (χ3n) is 3.18. The predicted molar refractivity (Wildman–Crippen MR) is 82.2 cm³/mol. The third-order valence-corrected chi connectivity index (χ3v) is 4.36. The van der Waals surface area contributed by atoms with Gasteiger partial charge in [0.05, 0.1) is 10.9 Å². The maximum absolute atomic E-state index is 12.0. The minimum atomic E-state index is -0.0914. The van der Waals surface area contributed by atoms with E-state index in [0.717, 1.165) is 17.0 Å². The molecule has 108 valence electrons. The van der Waals surface area contributed by atoms with Gasteiger partial charge in [-0.3, -0.25) is 9.59 Å². The molecule has 2 rings (SSSR count). The number of nitrogens with one attached hydrogen (secondary N) is 2. The van der Waals surface area contributed by atoms with Gasteiger partial charge in [-0.1, -0.05) is 13.8 Å². The predicted octanol–water partition coefficient (Wildman–Crippen LogP) is 2.90. The standard InChI is InChI=1S/C15H20N2O2S/c1-9(2)6-7-16-15(19)11-4-5-13-12(8-11)17-14(18)10(3)20-13/h4-5,8-10H,6-7H2,1-3H3,(H,16,19)(H,17,18). The van der Waals surface area contributed by atoms with E-state index in [1.807, 2.05) is 13.0 Å². The van der Waals surface area contributed by atoms with Crippen LogP contribution in [-0.2, 0) is 4.79 Å². The number of hydrogen-bond donors (Lipinski definition) is 2. The van der Waals surface area contributed by atoms with Crippen LogP contribution in [-0.4, -0.2) is 23.6 Å². The van der Waals surface area contributed by atoms with E-state index in [9.17, 15) is 9.59 Å². The summed E-state index contributed by atoms with van der Waals surface area (Å²) in [6, 6.07) is 5.45. The van der Waals surface area contributed by atoms with Gasteiger partial charge in [-0.05, 0) is 37.5 Å². The highest BCUT2D eigenvalue weighted by Gasteiger charge is 2.23. The van der Waals surface area contributed by atoms with Gasteiger partial charge >= 0.3 is 0 Å². The minimum Gasteiger partial charge on any atom is -0.352 e. The van der Waals surface area contributed by atoms with E-state index < -0.39 is 0 Å². The smallest absolute Gasteiger partial charge is 0.251 e. The number of rotatable bonds is 4. The Bertz CT molecular complexity index is 529. The van der Waals surface area contributed by atoms with E-state index in [2.05, 4.69) is 24.5 Å². The van der Waals surface area contributed by atoms with Gasteiger partial charge in [-0.15, -0.1) is 11.8 Å². The average molecular weight is 292 g/mol. The highest BCUT2D eigenvalue weighted by molar-refractivity contribution is 8.00. The Balaban J connectivity index is 2.05. The normalized spacial score (nSPS) is 17.6. The summed E-state index contributed by atoms with van der Waals surface area (Å²) >= 11 is 1.52. The lowest BCUT2D eigenvalue weighted by atomic mass is 10.1. The van der Waals surface area contributed by atoms with Gasteiger partial charge < -0.3 is 10.6 Å². The minimum absolute atomic E-state index is 0.0140. The zero-order valence-electron chi connectivity index (χ0n) is 12.0. The van der Waals surface area contributed by atoms with Crippen LogP contribution in [0.4, 0.5) is 5.69 Å². The average Bonchev–Trinajstić information content (AvgIpc) is 2.39. The van der Waals surface area contributed by atoms with Gasteiger partial charge in [-0.2, -0.15) is 0 Å². The first-order valence-corrected chi connectivity index (χ1v) is 7.75. The summed E-state index contributed by atoms with van der Waals surface area (Å²) in [6.07, 6.45) is 0.959. The van der Waals surface area contributed by atoms with Gasteiger partial charge in [0.15, 0.2) is 0 Å². The topological polar surface area (TPSA) is 58.2 Å². The van der Waals surface area contributed by atoms with Crippen molar-refractivity contribution >= 4 is 29.3 Å². The van der Waals surface area contributed by atoms with Crippen molar-refractivity contribution in [2.75, 3.05) is 11.9 Å². The molecule has 20 heavy (non-hydrogen) atoms. The lowest BCUT2D eigenvalue weighted by Crippen LogP contribution is -2.28. The van der Waals surface area contributed by atoms with Crippen LogP contribution in [0.15, 0.2) is 23.1 Å². The number of fused-ring (bicyclic) bond motifs is 1. The first-order valence-electron chi connectivity index (χ1n) is 6.87. The van der Waals surface area contributed by atoms with Crippen molar-refractivity contribution in [3.63, 3.8) is 0 Å². The van der Waals surface area contributed by atoms with Crippen LogP contribution < -0.4 is 10.6 Å². The van der Waals surface area contributed by atoms with Gasteiger partial charge in [0.25, 0.3) is 5.91 Å². The van der Waals surface area contributed by atoms with Crippen LogP contribution in [0.25, 0.3) is 0 Å². The Morgan fingerprint density at radius 1 is 1.45 bits per heavy atom. The largest absolute Gasteiger partial charge is 0.352 e.